The Morgan fingerprint density at radius 3 is 2.71 bits per heavy atom. The summed E-state index contributed by atoms with van der Waals surface area (Å²) in [6.07, 6.45) is 6.42. The van der Waals surface area contributed by atoms with Crippen molar-refractivity contribution < 1.29 is 4.79 Å². The van der Waals surface area contributed by atoms with Crippen LogP contribution in [0.1, 0.15) is 32.3 Å². The summed E-state index contributed by atoms with van der Waals surface area (Å²) in [5.41, 5.74) is 0.663. The van der Waals surface area contributed by atoms with Gasteiger partial charge in [-0.1, -0.05) is 6.07 Å². The van der Waals surface area contributed by atoms with Crippen molar-refractivity contribution >= 4 is 5.78 Å². The van der Waals surface area contributed by atoms with Crippen molar-refractivity contribution in [2.75, 3.05) is 13.1 Å². The molecular weight excluding hydrogens is 212 g/mol. The first-order chi connectivity index (χ1) is 8.10. The second kappa shape index (κ2) is 4.96. The van der Waals surface area contributed by atoms with Crippen LogP contribution in [-0.2, 0) is 11.2 Å². The maximum Gasteiger partial charge on any atom is 0.156 e. The van der Waals surface area contributed by atoms with E-state index in [0.29, 0.717) is 6.42 Å². The van der Waals surface area contributed by atoms with Crippen LogP contribution >= 0.6 is 0 Å². The molecule has 0 aromatic carbocycles. The van der Waals surface area contributed by atoms with E-state index in [1.165, 1.54) is 12.8 Å². The first-order valence-corrected chi connectivity index (χ1v) is 6.28. The van der Waals surface area contributed by atoms with Gasteiger partial charge >= 0.3 is 0 Å². The number of pyridine rings is 1. The topological polar surface area (TPSA) is 33.2 Å². The maximum absolute atomic E-state index is 12.4. The minimum absolute atomic E-state index is 0.285. The van der Waals surface area contributed by atoms with E-state index in [4.69, 9.17) is 0 Å². The zero-order valence-electron chi connectivity index (χ0n) is 10.6. The number of rotatable bonds is 4. The second-order valence-electron chi connectivity index (χ2n) is 5.21. The minimum atomic E-state index is -0.341. The summed E-state index contributed by atoms with van der Waals surface area (Å²) in [4.78, 5) is 18.7. The predicted octanol–water partition coefficient (Wildman–Crippen LogP) is 2.07. The molecule has 3 nitrogen and oxygen atoms in total. The Bertz CT molecular complexity index is 380. The number of carbonyl (C=O) groups excluding carboxylic acids is 1. The molecule has 0 unspecified atom stereocenters. The summed E-state index contributed by atoms with van der Waals surface area (Å²) in [5, 5.41) is 0. The van der Waals surface area contributed by atoms with Gasteiger partial charge in [-0.2, -0.15) is 0 Å². The molecule has 0 amide bonds. The molecule has 1 saturated heterocycles. The van der Waals surface area contributed by atoms with Crippen molar-refractivity contribution in [1.29, 1.82) is 0 Å². The van der Waals surface area contributed by atoms with Crippen molar-refractivity contribution in [2.24, 2.45) is 0 Å². The van der Waals surface area contributed by atoms with E-state index in [-0.39, 0.29) is 11.3 Å². The highest BCUT2D eigenvalue weighted by Crippen LogP contribution is 2.23. The fourth-order valence-electron chi connectivity index (χ4n) is 2.36. The number of hydrogen-bond acceptors (Lipinski definition) is 3. The van der Waals surface area contributed by atoms with Crippen molar-refractivity contribution in [3.63, 3.8) is 0 Å². The van der Waals surface area contributed by atoms with E-state index < -0.39 is 0 Å². The lowest BCUT2D eigenvalue weighted by atomic mass is 9.92. The molecule has 3 heteroatoms. The quantitative estimate of drug-likeness (QED) is 0.796. The lowest BCUT2D eigenvalue weighted by molar-refractivity contribution is -0.128. The molecule has 0 bridgehead atoms. The van der Waals surface area contributed by atoms with Crippen molar-refractivity contribution in [2.45, 2.75) is 38.6 Å². The van der Waals surface area contributed by atoms with Gasteiger partial charge in [-0.3, -0.25) is 14.7 Å². The summed E-state index contributed by atoms with van der Waals surface area (Å²) in [6, 6.07) is 3.84. The molecule has 1 fully saturated rings. The SMILES string of the molecule is CC(C)(C(=O)Cc1cccnc1)N1CCCC1. The van der Waals surface area contributed by atoms with E-state index in [0.717, 1.165) is 18.7 Å². The Morgan fingerprint density at radius 2 is 2.12 bits per heavy atom. The van der Waals surface area contributed by atoms with Gasteiger partial charge in [0.25, 0.3) is 0 Å². The van der Waals surface area contributed by atoms with E-state index in [2.05, 4.69) is 9.88 Å². The molecule has 92 valence electrons. The van der Waals surface area contributed by atoms with Crippen molar-refractivity contribution in [3.05, 3.63) is 30.1 Å². The average molecular weight is 232 g/mol. The van der Waals surface area contributed by atoms with Crippen LogP contribution in [0.2, 0.25) is 0 Å². The molecule has 0 N–H and O–H groups in total. The highest BCUT2D eigenvalue weighted by molar-refractivity contribution is 5.89. The number of nitrogens with zero attached hydrogens (tertiary/aromatic N) is 2. The molecule has 1 aliphatic rings. The Kier molecular flexibility index (Phi) is 3.57. The molecule has 0 atom stereocenters. The average Bonchev–Trinajstić information content (AvgIpc) is 2.84. The fraction of sp³-hybridized carbons (Fsp3) is 0.571. The molecular formula is C14H20N2O. The van der Waals surface area contributed by atoms with Gasteiger partial charge in [-0.15, -0.1) is 0 Å². The number of aromatic nitrogens is 1. The highest BCUT2D eigenvalue weighted by Gasteiger charge is 2.35. The molecule has 0 spiro atoms. The van der Waals surface area contributed by atoms with Crippen LogP contribution in [0, 0.1) is 0 Å². The molecule has 0 aliphatic carbocycles. The van der Waals surface area contributed by atoms with E-state index >= 15 is 0 Å². The molecule has 0 saturated carbocycles. The molecule has 2 rings (SSSR count). The number of ketones is 1. The Hall–Kier alpha value is -1.22. The van der Waals surface area contributed by atoms with Gasteiger partial charge in [0.05, 0.1) is 5.54 Å². The largest absolute Gasteiger partial charge is 0.297 e. The predicted molar refractivity (Wildman–Crippen MR) is 67.8 cm³/mol. The summed E-state index contributed by atoms with van der Waals surface area (Å²) in [5.74, 6) is 0.285. The molecule has 17 heavy (non-hydrogen) atoms. The molecule has 2 heterocycles. The van der Waals surface area contributed by atoms with Crippen LogP contribution in [0.15, 0.2) is 24.5 Å². The Morgan fingerprint density at radius 1 is 1.41 bits per heavy atom. The number of likely N-dealkylation sites (tertiary alicyclic amines) is 1. The maximum atomic E-state index is 12.4. The third-order valence-electron chi connectivity index (χ3n) is 3.67. The Labute approximate surface area is 103 Å². The van der Waals surface area contributed by atoms with Crippen LogP contribution in [0.3, 0.4) is 0 Å². The summed E-state index contributed by atoms with van der Waals surface area (Å²) in [6.45, 7) is 6.17. The smallest absolute Gasteiger partial charge is 0.156 e. The monoisotopic (exact) mass is 232 g/mol. The first kappa shape index (κ1) is 12.2. The van der Waals surface area contributed by atoms with Gasteiger partial charge in [-0.25, -0.2) is 0 Å². The summed E-state index contributed by atoms with van der Waals surface area (Å²) >= 11 is 0. The van der Waals surface area contributed by atoms with Crippen LogP contribution < -0.4 is 0 Å². The highest BCUT2D eigenvalue weighted by atomic mass is 16.1. The number of carbonyl (C=O) groups is 1. The molecule has 1 aliphatic heterocycles. The standard InChI is InChI=1S/C14H20N2O/c1-14(2,16-8-3-4-9-16)13(17)10-12-6-5-7-15-11-12/h5-7,11H,3-4,8-10H2,1-2H3. The normalized spacial score (nSPS) is 17.3. The van der Waals surface area contributed by atoms with Gasteiger partial charge in [0.2, 0.25) is 0 Å². The van der Waals surface area contributed by atoms with Crippen molar-refractivity contribution in [3.8, 4) is 0 Å². The van der Waals surface area contributed by atoms with Crippen LogP contribution in [0.5, 0.6) is 0 Å². The van der Waals surface area contributed by atoms with Crippen LogP contribution in [0.25, 0.3) is 0 Å². The lowest BCUT2D eigenvalue weighted by Crippen LogP contribution is -2.49. The zero-order valence-corrected chi connectivity index (χ0v) is 10.6. The van der Waals surface area contributed by atoms with Crippen LogP contribution in [0.4, 0.5) is 0 Å². The fourth-order valence-corrected chi connectivity index (χ4v) is 2.36. The van der Waals surface area contributed by atoms with Gasteiger partial charge in [0.15, 0.2) is 5.78 Å². The van der Waals surface area contributed by atoms with Gasteiger partial charge in [0, 0.05) is 18.8 Å². The third kappa shape index (κ3) is 2.72. The summed E-state index contributed by atoms with van der Waals surface area (Å²) in [7, 11) is 0. The Balaban J connectivity index is 2.04. The van der Waals surface area contributed by atoms with Gasteiger partial charge in [0.1, 0.15) is 0 Å². The first-order valence-electron chi connectivity index (χ1n) is 6.28. The molecule has 1 aromatic heterocycles. The van der Waals surface area contributed by atoms with Crippen LogP contribution in [-0.4, -0.2) is 34.3 Å². The van der Waals surface area contributed by atoms with E-state index in [1.54, 1.807) is 12.4 Å². The van der Waals surface area contributed by atoms with E-state index in [9.17, 15) is 4.79 Å². The van der Waals surface area contributed by atoms with Gasteiger partial charge < -0.3 is 0 Å². The van der Waals surface area contributed by atoms with E-state index in [1.807, 2.05) is 26.0 Å². The lowest BCUT2D eigenvalue weighted by Gasteiger charge is -2.33. The third-order valence-corrected chi connectivity index (χ3v) is 3.67. The number of hydrogen-bond donors (Lipinski definition) is 0. The summed E-state index contributed by atoms with van der Waals surface area (Å²) < 4.78 is 0. The second-order valence-corrected chi connectivity index (χ2v) is 5.21. The van der Waals surface area contributed by atoms with Crippen molar-refractivity contribution in [1.82, 2.24) is 9.88 Å². The molecule has 1 aromatic rings. The van der Waals surface area contributed by atoms with Gasteiger partial charge in [-0.05, 0) is 51.4 Å². The minimum Gasteiger partial charge on any atom is -0.297 e. The zero-order chi connectivity index (χ0) is 12.3. The molecule has 0 radical (unpaired) electrons. The number of Topliss-reactive ketones (excluding diaryl/α,β-unsaturated/α-hetero) is 1.